The highest BCUT2D eigenvalue weighted by molar-refractivity contribution is 5.78. The monoisotopic (exact) mass is 204 g/mol. The Morgan fingerprint density at radius 2 is 2.20 bits per heavy atom. The number of fused-ring (bicyclic) bond motifs is 1. The van der Waals surface area contributed by atoms with Crippen LogP contribution in [0, 0.1) is 0 Å². The summed E-state index contributed by atoms with van der Waals surface area (Å²) in [6.07, 6.45) is 0.0970. The van der Waals surface area contributed by atoms with Crippen molar-refractivity contribution in [1.82, 2.24) is 0 Å². The predicted molar refractivity (Wildman–Crippen MR) is 56.9 cm³/mol. The van der Waals surface area contributed by atoms with Crippen LogP contribution in [0.4, 0.5) is 0 Å². The lowest BCUT2D eigenvalue weighted by Crippen LogP contribution is -2.01. The van der Waals surface area contributed by atoms with Gasteiger partial charge in [0.05, 0.1) is 6.42 Å². The Morgan fingerprint density at radius 1 is 1.47 bits per heavy atom. The number of carboxylic acid groups (broad SMARTS) is 1. The van der Waals surface area contributed by atoms with Crippen LogP contribution < -0.4 is 0 Å². The molecule has 0 saturated carbocycles. The smallest absolute Gasteiger partial charge is 0.304 e. The fraction of sp³-hybridized carbons (Fsp3) is 0.250. The summed E-state index contributed by atoms with van der Waals surface area (Å²) in [7, 11) is 0. The summed E-state index contributed by atoms with van der Waals surface area (Å²) in [6, 6.07) is 9.58. The topological polar surface area (TPSA) is 50.4 Å². The summed E-state index contributed by atoms with van der Waals surface area (Å²) in [4.78, 5) is 10.6. The Balaban J connectivity index is 2.32. The van der Waals surface area contributed by atoms with E-state index in [-0.39, 0.29) is 12.3 Å². The highest BCUT2D eigenvalue weighted by Gasteiger charge is 2.14. The maximum Gasteiger partial charge on any atom is 0.304 e. The van der Waals surface area contributed by atoms with E-state index in [0.717, 1.165) is 16.7 Å². The fourth-order valence-electron chi connectivity index (χ4n) is 1.61. The minimum atomic E-state index is -0.803. The number of furan rings is 1. The maximum absolute atomic E-state index is 10.6. The van der Waals surface area contributed by atoms with Crippen molar-refractivity contribution in [3.05, 3.63) is 36.1 Å². The van der Waals surface area contributed by atoms with E-state index in [2.05, 4.69) is 0 Å². The Hall–Kier alpha value is -1.77. The van der Waals surface area contributed by atoms with Crippen LogP contribution in [0.2, 0.25) is 0 Å². The number of hydrogen-bond donors (Lipinski definition) is 1. The molecule has 1 aromatic carbocycles. The van der Waals surface area contributed by atoms with Gasteiger partial charge in [-0.25, -0.2) is 0 Å². The molecule has 0 aliphatic rings. The number of carboxylic acids is 1. The minimum absolute atomic E-state index is 0.0881. The molecule has 0 fully saturated rings. The van der Waals surface area contributed by atoms with Gasteiger partial charge in [0.15, 0.2) is 0 Å². The molecular weight excluding hydrogens is 192 g/mol. The zero-order valence-electron chi connectivity index (χ0n) is 8.43. The third-order valence-corrected chi connectivity index (χ3v) is 2.41. The fourth-order valence-corrected chi connectivity index (χ4v) is 1.61. The molecule has 1 atom stereocenters. The standard InChI is InChI=1S/C12H12O3/c1-8(6-12(13)14)11-7-9-4-2-3-5-10(9)15-11/h2-5,7-8H,6H2,1H3,(H,13,14). The summed E-state index contributed by atoms with van der Waals surface area (Å²) in [5, 5.41) is 9.70. The summed E-state index contributed by atoms with van der Waals surface area (Å²) in [5.41, 5.74) is 0.810. The molecular formula is C12H12O3. The van der Waals surface area contributed by atoms with Crippen molar-refractivity contribution < 1.29 is 14.3 Å². The van der Waals surface area contributed by atoms with Crippen LogP contribution in [-0.2, 0) is 4.79 Å². The molecule has 1 unspecified atom stereocenters. The molecule has 2 rings (SSSR count). The van der Waals surface area contributed by atoms with E-state index in [1.807, 2.05) is 37.3 Å². The Bertz CT molecular complexity index is 451. The Kier molecular flexibility index (Phi) is 2.46. The van der Waals surface area contributed by atoms with Gasteiger partial charge in [-0.15, -0.1) is 0 Å². The van der Waals surface area contributed by atoms with Crippen LogP contribution >= 0.6 is 0 Å². The number of rotatable bonds is 3. The van der Waals surface area contributed by atoms with E-state index < -0.39 is 5.97 Å². The van der Waals surface area contributed by atoms with Crippen LogP contribution in [0.5, 0.6) is 0 Å². The molecule has 78 valence electrons. The first kappa shape index (κ1) is 9.77. The lowest BCUT2D eigenvalue weighted by atomic mass is 10.1. The quantitative estimate of drug-likeness (QED) is 0.836. The number of aliphatic carboxylic acids is 1. The maximum atomic E-state index is 10.6. The van der Waals surface area contributed by atoms with Gasteiger partial charge in [0.2, 0.25) is 0 Å². The zero-order chi connectivity index (χ0) is 10.8. The lowest BCUT2D eigenvalue weighted by Gasteiger charge is -2.02. The molecule has 0 aliphatic heterocycles. The van der Waals surface area contributed by atoms with Crippen molar-refractivity contribution in [3.8, 4) is 0 Å². The number of hydrogen-bond acceptors (Lipinski definition) is 2. The van der Waals surface area contributed by atoms with Gasteiger partial charge in [0.1, 0.15) is 11.3 Å². The summed E-state index contributed by atoms with van der Waals surface area (Å²) in [5.74, 6) is -0.156. The van der Waals surface area contributed by atoms with E-state index in [0.29, 0.717) is 0 Å². The molecule has 0 spiro atoms. The Labute approximate surface area is 87.3 Å². The van der Waals surface area contributed by atoms with E-state index in [9.17, 15) is 4.79 Å². The number of benzene rings is 1. The molecule has 15 heavy (non-hydrogen) atoms. The molecule has 0 amide bonds. The molecule has 1 heterocycles. The van der Waals surface area contributed by atoms with Crippen LogP contribution in [0.3, 0.4) is 0 Å². The average Bonchev–Trinajstić information content (AvgIpc) is 2.59. The first-order valence-electron chi connectivity index (χ1n) is 4.87. The van der Waals surface area contributed by atoms with Crippen molar-refractivity contribution in [3.63, 3.8) is 0 Å². The molecule has 0 bridgehead atoms. The number of para-hydroxylation sites is 1. The highest BCUT2D eigenvalue weighted by atomic mass is 16.4. The van der Waals surface area contributed by atoms with Gasteiger partial charge in [0, 0.05) is 11.3 Å². The molecule has 3 nitrogen and oxygen atoms in total. The largest absolute Gasteiger partial charge is 0.481 e. The van der Waals surface area contributed by atoms with Crippen LogP contribution in [0.25, 0.3) is 11.0 Å². The normalized spacial score (nSPS) is 12.9. The van der Waals surface area contributed by atoms with Crippen LogP contribution in [-0.4, -0.2) is 11.1 Å². The average molecular weight is 204 g/mol. The molecule has 1 N–H and O–H groups in total. The highest BCUT2D eigenvalue weighted by Crippen LogP contribution is 2.26. The van der Waals surface area contributed by atoms with E-state index in [4.69, 9.17) is 9.52 Å². The van der Waals surface area contributed by atoms with Gasteiger partial charge in [-0.05, 0) is 12.1 Å². The van der Waals surface area contributed by atoms with Crippen LogP contribution in [0.15, 0.2) is 34.7 Å². The SMILES string of the molecule is CC(CC(=O)O)c1cc2ccccc2o1. The summed E-state index contributed by atoms with van der Waals surface area (Å²) < 4.78 is 5.57. The molecule has 0 saturated heterocycles. The third kappa shape index (κ3) is 2.01. The lowest BCUT2D eigenvalue weighted by molar-refractivity contribution is -0.137. The molecule has 2 aromatic rings. The van der Waals surface area contributed by atoms with Gasteiger partial charge in [-0.3, -0.25) is 4.79 Å². The van der Waals surface area contributed by atoms with Crippen molar-refractivity contribution in [2.24, 2.45) is 0 Å². The third-order valence-electron chi connectivity index (χ3n) is 2.41. The van der Waals surface area contributed by atoms with E-state index in [1.165, 1.54) is 0 Å². The molecule has 1 aromatic heterocycles. The van der Waals surface area contributed by atoms with Gasteiger partial charge in [0.25, 0.3) is 0 Å². The van der Waals surface area contributed by atoms with Gasteiger partial charge in [-0.1, -0.05) is 25.1 Å². The summed E-state index contributed by atoms with van der Waals surface area (Å²) in [6.45, 7) is 1.85. The Morgan fingerprint density at radius 3 is 2.87 bits per heavy atom. The van der Waals surface area contributed by atoms with Crippen molar-refractivity contribution >= 4 is 16.9 Å². The molecule has 0 radical (unpaired) electrons. The van der Waals surface area contributed by atoms with E-state index in [1.54, 1.807) is 0 Å². The molecule has 3 heteroatoms. The second-order valence-electron chi connectivity index (χ2n) is 3.69. The second kappa shape index (κ2) is 3.77. The van der Waals surface area contributed by atoms with Gasteiger partial charge in [-0.2, -0.15) is 0 Å². The summed E-state index contributed by atoms with van der Waals surface area (Å²) >= 11 is 0. The second-order valence-corrected chi connectivity index (χ2v) is 3.69. The minimum Gasteiger partial charge on any atom is -0.481 e. The first-order chi connectivity index (χ1) is 7.16. The van der Waals surface area contributed by atoms with Crippen molar-refractivity contribution in [1.29, 1.82) is 0 Å². The van der Waals surface area contributed by atoms with E-state index >= 15 is 0 Å². The van der Waals surface area contributed by atoms with Crippen molar-refractivity contribution in [2.75, 3.05) is 0 Å². The zero-order valence-corrected chi connectivity index (χ0v) is 8.43. The van der Waals surface area contributed by atoms with Gasteiger partial charge < -0.3 is 9.52 Å². The predicted octanol–water partition coefficient (Wildman–Crippen LogP) is 3.01. The first-order valence-corrected chi connectivity index (χ1v) is 4.87. The number of carbonyl (C=O) groups is 1. The molecule has 0 aliphatic carbocycles. The van der Waals surface area contributed by atoms with Crippen molar-refractivity contribution in [2.45, 2.75) is 19.3 Å². The van der Waals surface area contributed by atoms with Gasteiger partial charge >= 0.3 is 5.97 Å². The van der Waals surface area contributed by atoms with Crippen LogP contribution in [0.1, 0.15) is 25.0 Å².